The maximum absolute atomic E-state index is 11.2. The molecule has 0 amide bonds. The Labute approximate surface area is 111 Å². The molecule has 0 bridgehead atoms. The smallest absolute Gasteiger partial charge is 0.356 e. The summed E-state index contributed by atoms with van der Waals surface area (Å²) in [6.45, 7) is 0.457. The van der Waals surface area contributed by atoms with E-state index >= 15 is 0 Å². The molecule has 4 rings (SSSR count). The average molecular weight is 272 g/mol. The molecule has 3 aromatic rings. The standard InChI is InChI=1S/C12H8N4O2S/c17-12(18)9-8-5-15-3-2-13-11(15)10-7(1-4-19-10)16(8)6-14-9/h1-4,6H,5H2,(H,17,18). The van der Waals surface area contributed by atoms with Crippen LogP contribution in [-0.4, -0.2) is 30.2 Å². The molecule has 0 saturated carbocycles. The number of aromatic nitrogens is 4. The van der Waals surface area contributed by atoms with Gasteiger partial charge in [0.1, 0.15) is 6.33 Å². The SMILES string of the molecule is O=C(O)c1ncn2c1Cn1ccnc1-c1sccc1-2. The highest BCUT2D eigenvalue weighted by atomic mass is 32.1. The lowest BCUT2D eigenvalue weighted by Crippen LogP contribution is -2.08. The first-order chi connectivity index (χ1) is 9.25. The minimum absolute atomic E-state index is 0.0960. The van der Waals surface area contributed by atoms with E-state index in [0.717, 1.165) is 16.4 Å². The molecule has 0 aliphatic carbocycles. The molecule has 0 fully saturated rings. The fraction of sp³-hybridized carbons (Fsp3) is 0.0833. The largest absolute Gasteiger partial charge is 0.476 e. The van der Waals surface area contributed by atoms with E-state index in [1.54, 1.807) is 23.9 Å². The second-order valence-electron chi connectivity index (χ2n) is 4.23. The summed E-state index contributed by atoms with van der Waals surface area (Å²) in [5.41, 5.74) is 1.70. The van der Waals surface area contributed by atoms with E-state index in [2.05, 4.69) is 9.97 Å². The van der Waals surface area contributed by atoms with Crippen molar-refractivity contribution < 1.29 is 9.90 Å². The summed E-state index contributed by atoms with van der Waals surface area (Å²) in [5.74, 6) is -0.140. The Morgan fingerprint density at radius 1 is 1.42 bits per heavy atom. The molecular formula is C12H8N4O2S. The molecule has 19 heavy (non-hydrogen) atoms. The summed E-state index contributed by atoms with van der Waals surface area (Å²) < 4.78 is 3.78. The summed E-state index contributed by atoms with van der Waals surface area (Å²) >= 11 is 1.59. The van der Waals surface area contributed by atoms with E-state index in [-0.39, 0.29) is 5.69 Å². The van der Waals surface area contributed by atoms with E-state index in [1.807, 2.05) is 26.8 Å². The van der Waals surface area contributed by atoms with Crippen LogP contribution in [0.5, 0.6) is 0 Å². The molecule has 1 N–H and O–H groups in total. The maximum atomic E-state index is 11.2. The molecule has 94 valence electrons. The van der Waals surface area contributed by atoms with Crippen molar-refractivity contribution >= 4 is 17.3 Å². The van der Waals surface area contributed by atoms with E-state index in [0.29, 0.717) is 12.2 Å². The predicted molar refractivity (Wildman–Crippen MR) is 68.7 cm³/mol. The minimum atomic E-state index is -1.01. The normalized spacial score (nSPS) is 12.4. The van der Waals surface area contributed by atoms with Crippen LogP contribution in [-0.2, 0) is 6.54 Å². The number of hydrogen-bond donors (Lipinski definition) is 1. The van der Waals surface area contributed by atoms with Gasteiger partial charge >= 0.3 is 5.97 Å². The van der Waals surface area contributed by atoms with Crippen LogP contribution in [0.15, 0.2) is 30.2 Å². The molecule has 0 spiro atoms. The van der Waals surface area contributed by atoms with E-state index < -0.39 is 5.97 Å². The van der Waals surface area contributed by atoms with Gasteiger partial charge in [0.15, 0.2) is 11.5 Å². The Hall–Kier alpha value is -2.41. The van der Waals surface area contributed by atoms with Crippen molar-refractivity contribution in [1.82, 2.24) is 19.1 Å². The monoisotopic (exact) mass is 272 g/mol. The van der Waals surface area contributed by atoms with Crippen LogP contribution in [0.4, 0.5) is 0 Å². The van der Waals surface area contributed by atoms with Gasteiger partial charge in [-0.05, 0) is 11.4 Å². The first kappa shape index (κ1) is 10.5. The Morgan fingerprint density at radius 2 is 2.32 bits per heavy atom. The number of rotatable bonds is 1. The number of hydrogen-bond acceptors (Lipinski definition) is 4. The first-order valence-corrected chi connectivity index (χ1v) is 6.52. The lowest BCUT2D eigenvalue weighted by molar-refractivity contribution is 0.0689. The number of carbonyl (C=O) groups is 1. The van der Waals surface area contributed by atoms with Gasteiger partial charge in [0.2, 0.25) is 0 Å². The number of carboxylic acid groups (broad SMARTS) is 1. The van der Waals surface area contributed by atoms with Gasteiger partial charge < -0.3 is 9.67 Å². The van der Waals surface area contributed by atoms with Crippen LogP contribution in [0.2, 0.25) is 0 Å². The van der Waals surface area contributed by atoms with Gasteiger partial charge in [0.25, 0.3) is 0 Å². The Kier molecular flexibility index (Phi) is 1.96. The highest BCUT2D eigenvalue weighted by molar-refractivity contribution is 7.14. The van der Waals surface area contributed by atoms with Gasteiger partial charge in [-0.25, -0.2) is 14.8 Å². The average Bonchev–Trinajstić information content (AvgIpc) is 3.06. The predicted octanol–water partition coefficient (Wildman–Crippen LogP) is 1.86. The van der Waals surface area contributed by atoms with Gasteiger partial charge in [0, 0.05) is 12.4 Å². The molecule has 4 heterocycles. The minimum Gasteiger partial charge on any atom is -0.476 e. The second kappa shape index (κ2) is 3.55. The van der Waals surface area contributed by atoms with Crippen LogP contribution < -0.4 is 0 Å². The molecule has 0 aromatic carbocycles. The molecular weight excluding hydrogens is 264 g/mol. The van der Waals surface area contributed by atoms with Crippen molar-refractivity contribution in [2.45, 2.75) is 6.54 Å². The highest BCUT2D eigenvalue weighted by Gasteiger charge is 2.25. The Morgan fingerprint density at radius 3 is 3.16 bits per heavy atom. The van der Waals surface area contributed by atoms with Crippen LogP contribution in [0.25, 0.3) is 16.4 Å². The topological polar surface area (TPSA) is 72.9 Å². The summed E-state index contributed by atoms with van der Waals surface area (Å²) in [7, 11) is 0. The van der Waals surface area contributed by atoms with Crippen LogP contribution >= 0.6 is 11.3 Å². The third-order valence-corrected chi connectivity index (χ3v) is 4.11. The molecule has 7 heteroatoms. The van der Waals surface area contributed by atoms with Crippen molar-refractivity contribution in [3.05, 3.63) is 41.6 Å². The molecule has 6 nitrogen and oxygen atoms in total. The van der Waals surface area contributed by atoms with Gasteiger partial charge in [-0.15, -0.1) is 11.3 Å². The Balaban J connectivity index is 2.08. The first-order valence-electron chi connectivity index (χ1n) is 5.64. The highest BCUT2D eigenvalue weighted by Crippen LogP contribution is 2.35. The lowest BCUT2D eigenvalue weighted by atomic mass is 10.3. The van der Waals surface area contributed by atoms with Crippen molar-refractivity contribution in [3.8, 4) is 16.4 Å². The number of thiophene rings is 1. The summed E-state index contributed by atoms with van der Waals surface area (Å²) in [6.07, 6.45) is 5.15. The Bertz CT molecular complexity index is 798. The van der Waals surface area contributed by atoms with E-state index in [1.165, 1.54) is 0 Å². The van der Waals surface area contributed by atoms with E-state index in [4.69, 9.17) is 0 Å². The zero-order chi connectivity index (χ0) is 13.0. The van der Waals surface area contributed by atoms with Gasteiger partial charge in [-0.2, -0.15) is 0 Å². The molecule has 0 atom stereocenters. The molecule has 0 saturated heterocycles. The van der Waals surface area contributed by atoms with Crippen molar-refractivity contribution in [3.63, 3.8) is 0 Å². The fourth-order valence-corrected chi connectivity index (χ4v) is 3.27. The van der Waals surface area contributed by atoms with Gasteiger partial charge in [-0.3, -0.25) is 4.57 Å². The molecule has 3 aromatic heterocycles. The number of aromatic carboxylic acids is 1. The van der Waals surface area contributed by atoms with E-state index in [9.17, 15) is 9.90 Å². The third kappa shape index (κ3) is 1.33. The van der Waals surface area contributed by atoms with Gasteiger partial charge in [-0.1, -0.05) is 0 Å². The van der Waals surface area contributed by atoms with Crippen molar-refractivity contribution in [2.75, 3.05) is 0 Å². The summed E-state index contributed by atoms with van der Waals surface area (Å²) in [5, 5.41) is 11.2. The number of nitrogens with zero attached hydrogens (tertiary/aromatic N) is 4. The molecule has 0 unspecified atom stereocenters. The maximum Gasteiger partial charge on any atom is 0.356 e. The molecule has 0 radical (unpaired) electrons. The number of imidazole rings is 2. The zero-order valence-corrected chi connectivity index (χ0v) is 10.5. The fourth-order valence-electron chi connectivity index (χ4n) is 2.38. The zero-order valence-electron chi connectivity index (χ0n) is 9.65. The number of fused-ring (bicyclic) bond motifs is 5. The number of carboxylic acids is 1. The van der Waals surface area contributed by atoms with Crippen LogP contribution in [0.1, 0.15) is 16.2 Å². The molecule has 1 aliphatic rings. The quantitative estimate of drug-likeness (QED) is 0.574. The van der Waals surface area contributed by atoms with Crippen molar-refractivity contribution in [2.24, 2.45) is 0 Å². The summed E-state index contributed by atoms with van der Waals surface area (Å²) in [6, 6.07) is 1.96. The van der Waals surface area contributed by atoms with Crippen LogP contribution in [0, 0.1) is 0 Å². The van der Waals surface area contributed by atoms with Crippen LogP contribution in [0.3, 0.4) is 0 Å². The lowest BCUT2D eigenvalue weighted by Gasteiger charge is -2.04. The molecule has 1 aliphatic heterocycles. The van der Waals surface area contributed by atoms with Gasteiger partial charge in [0.05, 0.1) is 22.8 Å². The van der Waals surface area contributed by atoms with Crippen molar-refractivity contribution in [1.29, 1.82) is 0 Å². The summed E-state index contributed by atoms with van der Waals surface area (Å²) in [4.78, 5) is 20.6. The third-order valence-electron chi connectivity index (χ3n) is 3.21. The second-order valence-corrected chi connectivity index (χ2v) is 5.14.